The molecule has 0 bridgehead atoms. The largest absolute Gasteiger partial charge is 0.437 e. The third-order valence-electron chi connectivity index (χ3n) is 5.70. The van der Waals surface area contributed by atoms with E-state index in [1.807, 2.05) is 13.0 Å². The van der Waals surface area contributed by atoms with E-state index in [4.69, 9.17) is 4.42 Å². The van der Waals surface area contributed by atoms with E-state index < -0.39 is 0 Å². The first-order chi connectivity index (χ1) is 12.3. The van der Waals surface area contributed by atoms with Crippen molar-refractivity contribution in [3.63, 3.8) is 0 Å². The van der Waals surface area contributed by atoms with Gasteiger partial charge in [-0.25, -0.2) is 4.98 Å². The molecular weight excluding hydrogens is 320 g/mol. The Bertz CT molecular complexity index is 1070. The number of aryl methyl sites for hydroxylation is 2. The lowest BCUT2D eigenvalue weighted by atomic mass is 9.81. The maximum absolute atomic E-state index is 6.32. The number of hydrogen-bond acceptors (Lipinski definition) is 3. The van der Waals surface area contributed by atoms with Crippen molar-refractivity contribution in [1.82, 2.24) is 9.88 Å². The van der Waals surface area contributed by atoms with Gasteiger partial charge in [-0.15, -0.1) is 0 Å². The predicted molar refractivity (Wildman–Crippen MR) is 108 cm³/mol. The molecule has 3 heteroatoms. The summed E-state index contributed by atoms with van der Waals surface area (Å²) in [6.07, 6.45) is 6.77. The Morgan fingerprint density at radius 3 is 2.54 bits per heavy atom. The Hall–Kier alpha value is -2.55. The summed E-state index contributed by atoms with van der Waals surface area (Å²) in [5, 5.41) is 2.22. The first-order valence-electron chi connectivity index (χ1n) is 9.25. The number of aromatic nitrogens is 1. The molecule has 3 heterocycles. The molecule has 0 spiro atoms. The van der Waals surface area contributed by atoms with Gasteiger partial charge >= 0.3 is 0 Å². The van der Waals surface area contributed by atoms with E-state index in [0.29, 0.717) is 5.92 Å². The fourth-order valence-electron chi connectivity index (χ4n) is 3.98. The van der Waals surface area contributed by atoms with Gasteiger partial charge in [0.1, 0.15) is 5.58 Å². The van der Waals surface area contributed by atoms with Crippen LogP contribution in [0.15, 0.2) is 52.6 Å². The number of allylic oxidation sites excluding steroid dienone is 2. The summed E-state index contributed by atoms with van der Waals surface area (Å²) in [6, 6.07) is 8.52. The van der Waals surface area contributed by atoms with Gasteiger partial charge in [0, 0.05) is 35.3 Å². The Kier molecular flexibility index (Phi) is 3.72. The number of pyridine rings is 1. The SMILES string of the molecule is Cc1ccc2c(n1)oc1c(C3(C)C=C(C(C)C)C=CN3C)c(C)ccc12. The van der Waals surface area contributed by atoms with Crippen LogP contribution >= 0.6 is 0 Å². The van der Waals surface area contributed by atoms with Crippen LogP contribution in [0.2, 0.25) is 0 Å². The molecule has 1 aromatic carbocycles. The second-order valence-corrected chi connectivity index (χ2v) is 7.91. The molecule has 1 aliphatic rings. The molecule has 0 N–H and O–H groups in total. The fourth-order valence-corrected chi connectivity index (χ4v) is 3.98. The number of rotatable bonds is 2. The number of nitrogens with zero attached hydrogens (tertiary/aromatic N) is 2. The van der Waals surface area contributed by atoms with E-state index in [2.05, 4.69) is 81.2 Å². The zero-order valence-corrected chi connectivity index (χ0v) is 16.4. The normalized spacial score (nSPS) is 20.4. The zero-order chi connectivity index (χ0) is 18.6. The Labute approximate surface area is 155 Å². The summed E-state index contributed by atoms with van der Waals surface area (Å²) in [5.74, 6) is 0.485. The average molecular weight is 346 g/mol. The molecular formula is C23H26N2O. The van der Waals surface area contributed by atoms with Crippen LogP contribution in [0, 0.1) is 19.8 Å². The average Bonchev–Trinajstić information content (AvgIpc) is 2.93. The number of likely N-dealkylation sites (N-methyl/N-ethyl adjacent to an activating group) is 1. The Morgan fingerprint density at radius 1 is 1.08 bits per heavy atom. The number of hydrogen-bond donors (Lipinski definition) is 0. The molecule has 0 saturated heterocycles. The van der Waals surface area contributed by atoms with Crippen molar-refractivity contribution in [3.05, 3.63) is 65.0 Å². The molecule has 0 radical (unpaired) electrons. The van der Waals surface area contributed by atoms with Crippen LogP contribution in [0.1, 0.15) is 37.6 Å². The van der Waals surface area contributed by atoms with Crippen molar-refractivity contribution in [2.75, 3.05) is 7.05 Å². The molecule has 0 saturated carbocycles. The molecule has 0 fully saturated rings. The second-order valence-electron chi connectivity index (χ2n) is 7.91. The summed E-state index contributed by atoms with van der Waals surface area (Å²) >= 11 is 0. The van der Waals surface area contributed by atoms with Crippen LogP contribution in [0.5, 0.6) is 0 Å². The quantitative estimate of drug-likeness (QED) is 0.582. The summed E-state index contributed by atoms with van der Waals surface area (Å²) in [6.45, 7) is 10.9. The van der Waals surface area contributed by atoms with Gasteiger partial charge in [-0.1, -0.05) is 32.1 Å². The van der Waals surface area contributed by atoms with Crippen LogP contribution in [0.4, 0.5) is 0 Å². The third-order valence-corrected chi connectivity index (χ3v) is 5.70. The standard InChI is InChI=1S/C23H26N2O/c1-14(2)17-11-12-25(6)23(5,13-17)20-15(3)7-9-18-19-10-8-16(4)24-22(19)26-21(18)20/h7-14H,1-6H3. The zero-order valence-electron chi connectivity index (χ0n) is 16.4. The molecule has 0 amide bonds. The molecule has 134 valence electrons. The number of furan rings is 1. The molecule has 4 rings (SSSR count). The van der Waals surface area contributed by atoms with Gasteiger partial charge in [0.15, 0.2) is 0 Å². The van der Waals surface area contributed by atoms with Gasteiger partial charge in [-0.3, -0.25) is 0 Å². The Balaban J connectivity index is 2.05. The van der Waals surface area contributed by atoms with Gasteiger partial charge in [0.05, 0.1) is 5.54 Å². The highest BCUT2D eigenvalue weighted by Crippen LogP contribution is 2.42. The molecule has 1 atom stereocenters. The van der Waals surface area contributed by atoms with Crippen molar-refractivity contribution in [2.24, 2.45) is 5.92 Å². The van der Waals surface area contributed by atoms with E-state index in [9.17, 15) is 0 Å². The number of benzene rings is 1. The van der Waals surface area contributed by atoms with E-state index in [0.717, 1.165) is 27.8 Å². The molecule has 2 aromatic heterocycles. The highest BCUT2D eigenvalue weighted by molar-refractivity contribution is 6.05. The van der Waals surface area contributed by atoms with E-state index in [1.165, 1.54) is 16.7 Å². The van der Waals surface area contributed by atoms with Gasteiger partial charge in [-0.2, -0.15) is 0 Å². The predicted octanol–water partition coefficient (Wildman–Crippen LogP) is 5.85. The lowest BCUT2D eigenvalue weighted by Gasteiger charge is -2.40. The van der Waals surface area contributed by atoms with Crippen LogP contribution in [0.3, 0.4) is 0 Å². The Morgan fingerprint density at radius 2 is 1.81 bits per heavy atom. The minimum absolute atomic E-state index is 0.263. The maximum atomic E-state index is 6.32. The van der Waals surface area contributed by atoms with Gasteiger partial charge in [0.2, 0.25) is 5.71 Å². The lowest BCUT2D eigenvalue weighted by molar-refractivity contribution is 0.257. The second kappa shape index (κ2) is 5.73. The first-order valence-corrected chi connectivity index (χ1v) is 9.25. The molecule has 3 aromatic rings. The molecule has 0 aliphatic carbocycles. The van der Waals surface area contributed by atoms with E-state index in [-0.39, 0.29) is 5.54 Å². The molecule has 26 heavy (non-hydrogen) atoms. The smallest absolute Gasteiger partial charge is 0.227 e. The summed E-state index contributed by atoms with van der Waals surface area (Å²) in [5.41, 5.74) is 6.18. The van der Waals surface area contributed by atoms with E-state index >= 15 is 0 Å². The maximum Gasteiger partial charge on any atom is 0.227 e. The highest BCUT2D eigenvalue weighted by atomic mass is 16.3. The summed E-state index contributed by atoms with van der Waals surface area (Å²) in [7, 11) is 2.13. The van der Waals surface area contributed by atoms with Crippen LogP contribution < -0.4 is 0 Å². The lowest BCUT2D eigenvalue weighted by Crippen LogP contribution is -2.39. The number of fused-ring (bicyclic) bond motifs is 3. The van der Waals surface area contributed by atoms with Crippen molar-refractivity contribution in [3.8, 4) is 0 Å². The molecule has 1 aliphatic heterocycles. The van der Waals surface area contributed by atoms with Crippen molar-refractivity contribution >= 4 is 22.1 Å². The summed E-state index contributed by atoms with van der Waals surface area (Å²) in [4.78, 5) is 6.87. The first kappa shape index (κ1) is 16.9. The fraction of sp³-hybridized carbons (Fsp3) is 0.348. The monoisotopic (exact) mass is 346 g/mol. The molecule has 1 unspecified atom stereocenters. The van der Waals surface area contributed by atoms with Crippen LogP contribution in [-0.4, -0.2) is 16.9 Å². The van der Waals surface area contributed by atoms with Crippen LogP contribution in [0.25, 0.3) is 22.1 Å². The highest BCUT2D eigenvalue weighted by Gasteiger charge is 2.35. The van der Waals surface area contributed by atoms with Gasteiger partial charge < -0.3 is 9.32 Å². The minimum Gasteiger partial charge on any atom is -0.437 e. The topological polar surface area (TPSA) is 29.3 Å². The minimum atomic E-state index is -0.263. The van der Waals surface area contributed by atoms with Crippen molar-refractivity contribution in [2.45, 2.75) is 40.2 Å². The van der Waals surface area contributed by atoms with Crippen molar-refractivity contribution < 1.29 is 4.42 Å². The van der Waals surface area contributed by atoms with Gasteiger partial charge in [-0.05, 0) is 56.0 Å². The molecule has 3 nitrogen and oxygen atoms in total. The summed E-state index contributed by atoms with van der Waals surface area (Å²) < 4.78 is 6.32. The van der Waals surface area contributed by atoms with Crippen molar-refractivity contribution in [1.29, 1.82) is 0 Å². The van der Waals surface area contributed by atoms with Crippen LogP contribution in [-0.2, 0) is 5.54 Å². The third kappa shape index (κ3) is 2.38. The van der Waals surface area contributed by atoms with E-state index in [1.54, 1.807) is 0 Å². The van der Waals surface area contributed by atoms with Gasteiger partial charge in [0.25, 0.3) is 0 Å².